The average molecular weight is 222 g/mol. The fraction of sp³-hybridized carbons (Fsp3) is 0.636. The van der Waals surface area contributed by atoms with E-state index in [4.69, 9.17) is 0 Å². The number of hydrogen-bond donors (Lipinski definition) is 1. The summed E-state index contributed by atoms with van der Waals surface area (Å²) in [6.07, 6.45) is 3.19. The van der Waals surface area contributed by atoms with Crippen molar-refractivity contribution in [2.75, 3.05) is 25.0 Å². The number of nitrogens with one attached hydrogen (secondary N) is 1. The van der Waals surface area contributed by atoms with Gasteiger partial charge in [0.05, 0.1) is 0 Å². The van der Waals surface area contributed by atoms with Crippen molar-refractivity contribution in [3.63, 3.8) is 0 Å². The molecule has 5 heteroatoms. The first-order chi connectivity index (χ1) is 7.59. The van der Waals surface area contributed by atoms with Crippen LogP contribution in [0.1, 0.15) is 13.8 Å². The Labute approximate surface area is 95.1 Å². The zero-order valence-electron chi connectivity index (χ0n) is 9.97. The average Bonchev–Trinajstić information content (AvgIpc) is 2.26. The molecule has 16 heavy (non-hydrogen) atoms. The molecule has 0 amide bonds. The summed E-state index contributed by atoms with van der Waals surface area (Å²) in [6, 6.07) is 0.871. The summed E-state index contributed by atoms with van der Waals surface area (Å²) in [4.78, 5) is 22.9. The number of H-pyrrole nitrogens is 1. The van der Waals surface area contributed by atoms with Crippen LogP contribution >= 0.6 is 0 Å². The van der Waals surface area contributed by atoms with Gasteiger partial charge >= 0.3 is 0 Å². The molecule has 1 saturated heterocycles. The number of nitrogens with zero attached hydrogens (tertiary/aromatic N) is 3. The number of aromatic nitrogens is 2. The van der Waals surface area contributed by atoms with Crippen LogP contribution in [0.15, 0.2) is 17.2 Å². The zero-order valence-corrected chi connectivity index (χ0v) is 9.97. The van der Waals surface area contributed by atoms with Gasteiger partial charge in [-0.05, 0) is 20.9 Å². The minimum atomic E-state index is -0.105. The first-order valence-corrected chi connectivity index (χ1v) is 5.60. The van der Waals surface area contributed by atoms with Crippen LogP contribution in [0, 0.1) is 0 Å². The maximum Gasteiger partial charge on any atom is 0.290 e. The second-order valence-corrected chi connectivity index (χ2v) is 4.51. The third-order valence-corrected chi connectivity index (χ3v) is 3.35. The van der Waals surface area contributed by atoms with Crippen LogP contribution in [0.5, 0.6) is 0 Å². The van der Waals surface area contributed by atoms with E-state index in [2.05, 4.69) is 40.7 Å². The van der Waals surface area contributed by atoms with Crippen molar-refractivity contribution in [2.24, 2.45) is 0 Å². The molecule has 0 radical (unpaired) electrons. The van der Waals surface area contributed by atoms with Crippen LogP contribution in [0.4, 0.5) is 5.82 Å². The number of rotatable bonds is 1. The fourth-order valence-corrected chi connectivity index (χ4v) is 2.15. The summed E-state index contributed by atoms with van der Waals surface area (Å²) in [7, 11) is 2.12. The predicted molar refractivity (Wildman–Crippen MR) is 63.8 cm³/mol. The van der Waals surface area contributed by atoms with Gasteiger partial charge in [-0.15, -0.1) is 0 Å². The molecule has 5 nitrogen and oxygen atoms in total. The summed E-state index contributed by atoms with van der Waals surface area (Å²) < 4.78 is 0. The number of likely N-dealkylation sites (N-methyl/N-ethyl adjacent to an activating group) is 1. The van der Waals surface area contributed by atoms with Gasteiger partial charge in [-0.25, -0.2) is 4.98 Å². The lowest BCUT2D eigenvalue weighted by atomic mass is 10.1. The van der Waals surface area contributed by atoms with Crippen LogP contribution < -0.4 is 10.5 Å². The molecule has 1 aromatic heterocycles. The molecule has 1 aromatic rings. The van der Waals surface area contributed by atoms with Crippen molar-refractivity contribution < 1.29 is 0 Å². The lowest BCUT2D eigenvalue weighted by Crippen LogP contribution is -2.56. The van der Waals surface area contributed by atoms with E-state index < -0.39 is 0 Å². The van der Waals surface area contributed by atoms with Gasteiger partial charge in [0.1, 0.15) is 0 Å². The summed E-state index contributed by atoms with van der Waals surface area (Å²) in [6.45, 7) is 6.03. The largest absolute Gasteiger partial charge is 0.349 e. The molecule has 0 saturated carbocycles. The van der Waals surface area contributed by atoms with Crippen LogP contribution in [-0.2, 0) is 0 Å². The van der Waals surface area contributed by atoms with Gasteiger partial charge in [0.25, 0.3) is 5.56 Å². The lowest BCUT2D eigenvalue weighted by molar-refractivity contribution is 0.169. The Morgan fingerprint density at radius 3 is 2.56 bits per heavy atom. The van der Waals surface area contributed by atoms with Gasteiger partial charge in [0, 0.05) is 37.6 Å². The molecule has 1 aliphatic heterocycles. The summed E-state index contributed by atoms with van der Waals surface area (Å²) in [5.41, 5.74) is -0.105. The first-order valence-electron chi connectivity index (χ1n) is 5.60. The first kappa shape index (κ1) is 11.1. The molecule has 88 valence electrons. The van der Waals surface area contributed by atoms with Crippen LogP contribution in [0.3, 0.4) is 0 Å². The number of hydrogen-bond acceptors (Lipinski definition) is 4. The minimum Gasteiger partial charge on any atom is -0.349 e. The number of anilines is 1. The van der Waals surface area contributed by atoms with E-state index in [0.29, 0.717) is 17.9 Å². The Bertz CT molecular complexity index is 404. The quantitative estimate of drug-likeness (QED) is 0.742. The SMILES string of the molecule is CC1CN(c2ncc[nH]c2=O)CC(C)N1C. The van der Waals surface area contributed by atoms with Crippen molar-refractivity contribution >= 4 is 5.82 Å². The fourth-order valence-electron chi connectivity index (χ4n) is 2.15. The van der Waals surface area contributed by atoms with Gasteiger partial charge in [-0.2, -0.15) is 0 Å². The molecule has 0 bridgehead atoms. The highest BCUT2D eigenvalue weighted by Crippen LogP contribution is 2.16. The smallest absolute Gasteiger partial charge is 0.290 e. The van der Waals surface area contributed by atoms with E-state index >= 15 is 0 Å². The predicted octanol–water partition coefficient (Wildman–Crippen LogP) is 0.299. The normalized spacial score (nSPS) is 27.1. The number of piperazine rings is 1. The van der Waals surface area contributed by atoms with Gasteiger partial charge in [-0.3, -0.25) is 9.69 Å². The van der Waals surface area contributed by atoms with Crippen LogP contribution in [-0.4, -0.2) is 47.1 Å². The molecule has 0 aromatic carbocycles. The van der Waals surface area contributed by atoms with Crippen molar-refractivity contribution in [2.45, 2.75) is 25.9 Å². The molecule has 2 heterocycles. The van der Waals surface area contributed by atoms with Crippen molar-refractivity contribution in [3.05, 3.63) is 22.7 Å². The van der Waals surface area contributed by atoms with E-state index in [-0.39, 0.29) is 5.56 Å². The Hall–Kier alpha value is -1.36. The molecular weight excluding hydrogens is 204 g/mol. The van der Waals surface area contributed by atoms with Gasteiger partial charge in [-0.1, -0.05) is 0 Å². The highest BCUT2D eigenvalue weighted by molar-refractivity contribution is 5.36. The number of aromatic amines is 1. The second kappa shape index (κ2) is 4.25. The van der Waals surface area contributed by atoms with Crippen LogP contribution in [0.25, 0.3) is 0 Å². The maximum absolute atomic E-state index is 11.6. The second-order valence-electron chi connectivity index (χ2n) is 4.51. The van der Waals surface area contributed by atoms with E-state index in [1.165, 1.54) is 0 Å². The molecule has 0 spiro atoms. The lowest BCUT2D eigenvalue weighted by Gasteiger charge is -2.42. The highest BCUT2D eigenvalue weighted by Gasteiger charge is 2.28. The van der Waals surface area contributed by atoms with Gasteiger partial charge in [0.2, 0.25) is 0 Å². The topological polar surface area (TPSA) is 52.2 Å². The van der Waals surface area contributed by atoms with Gasteiger partial charge in [0.15, 0.2) is 5.82 Å². The third kappa shape index (κ3) is 1.95. The molecule has 2 atom stereocenters. The van der Waals surface area contributed by atoms with Crippen molar-refractivity contribution in [3.8, 4) is 0 Å². The van der Waals surface area contributed by atoms with Crippen molar-refractivity contribution in [1.29, 1.82) is 0 Å². The summed E-state index contributed by atoms with van der Waals surface area (Å²) in [5, 5.41) is 0. The summed E-state index contributed by atoms with van der Waals surface area (Å²) in [5.74, 6) is 0.536. The molecule has 1 aliphatic rings. The minimum absolute atomic E-state index is 0.105. The maximum atomic E-state index is 11.6. The Balaban J connectivity index is 2.24. The molecule has 1 N–H and O–H groups in total. The van der Waals surface area contributed by atoms with Gasteiger partial charge < -0.3 is 9.88 Å². The molecule has 2 rings (SSSR count). The van der Waals surface area contributed by atoms with E-state index in [9.17, 15) is 4.79 Å². The van der Waals surface area contributed by atoms with Crippen LogP contribution in [0.2, 0.25) is 0 Å². The molecule has 2 unspecified atom stereocenters. The third-order valence-electron chi connectivity index (χ3n) is 3.35. The molecule has 1 fully saturated rings. The Morgan fingerprint density at radius 2 is 2.00 bits per heavy atom. The van der Waals surface area contributed by atoms with Crippen molar-refractivity contribution in [1.82, 2.24) is 14.9 Å². The van der Waals surface area contributed by atoms with E-state index in [0.717, 1.165) is 13.1 Å². The zero-order chi connectivity index (χ0) is 11.7. The monoisotopic (exact) mass is 222 g/mol. The molecule has 0 aliphatic carbocycles. The summed E-state index contributed by atoms with van der Waals surface area (Å²) >= 11 is 0. The Morgan fingerprint density at radius 1 is 1.38 bits per heavy atom. The van der Waals surface area contributed by atoms with E-state index in [1.807, 2.05) is 0 Å². The highest BCUT2D eigenvalue weighted by atomic mass is 16.1. The Kier molecular flexibility index (Phi) is 2.96. The standard InChI is InChI=1S/C11H18N4O/c1-8-6-15(7-9(2)14(8)3)10-11(16)13-5-4-12-10/h4-5,8-9H,6-7H2,1-3H3,(H,13,16). The molecular formula is C11H18N4O. The van der Waals surface area contributed by atoms with E-state index in [1.54, 1.807) is 12.4 Å².